The fourth-order valence-electron chi connectivity index (χ4n) is 6.93. The van der Waals surface area contributed by atoms with E-state index < -0.39 is 60.2 Å². The number of piperidine rings is 1. The lowest BCUT2D eigenvalue weighted by atomic mass is 9.77. The standard InChI is InChI=1S/C35H54F3N5O6/c1-11-14-39-29(46)26(44)23(12-13-35(36,37)38)41-28(45)25-24-22(34(24,9)10)19-43(25)30(47)27(33(6,7)8)40-20(2)17-21(32(3,4)5)18-42-15-16-49-31(42)48/h11,21-25,27,40H,1-2,12-19H2,3-10H3,(H,39,46)(H,41,45)/t21-,22+,23?,24+,25+,27-/m1/s1. The van der Waals surface area contributed by atoms with E-state index in [-0.39, 0.29) is 53.7 Å². The molecule has 4 amide bonds. The largest absolute Gasteiger partial charge is 0.448 e. The van der Waals surface area contributed by atoms with Crippen molar-refractivity contribution in [3.05, 3.63) is 24.9 Å². The average Bonchev–Trinajstić information content (AvgIpc) is 3.31. The van der Waals surface area contributed by atoms with Gasteiger partial charge in [-0.15, -0.1) is 6.58 Å². The van der Waals surface area contributed by atoms with Gasteiger partial charge in [0.2, 0.25) is 17.6 Å². The molecule has 0 radical (unpaired) electrons. The van der Waals surface area contributed by atoms with Crippen LogP contribution in [0.1, 0.15) is 74.7 Å². The first-order valence-corrected chi connectivity index (χ1v) is 16.9. The summed E-state index contributed by atoms with van der Waals surface area (Å²) in [5.74, 6) is -3.86. The van der Waals surface area contributed by atoms with Crippen LogP contribution in [0.5, 0.6) is 0 Å². The molecule has 3 rings (SSSR count). The first-order valence-electron chi connectivity index (χ1n) is 16.9. The molecule has 2 heterocycles. The maximum absolute atomic E-state index is 14.4. The number of ketones is 1. The number of nitrogens with one attached hydrogen (secondary N) is 3. The molecule has 6 atom stereocenters. The van der Waals surface area contributed by atoms with Gasteiger partial charge in [-0.05, 0) is 46.8 Å². The molecule has 11 nitrogen and oxygen atoms in total. The Morgan fingerprint density at radius 2 is 1.69 bits per heavy atom. The number of hydrogen-bond donors (Lipinski definition) is 3. The number of amides is 4. The molecule has 3 fully saturated rings. The fraction of sp³-hybridized carbons (Fsp3) is 0.743. The van der Waals surface area contributed by atoms with E-state index in [2.05, 4.69) is 49.9 Å². The minimum Gasteiger partial charge on any atom is -0.448 e. The van der Waals surface area contributed by atoms with Crippen molar-refractivity contribution in [3.63, 3.8) is 0 Å². The van der Waals surface area contributed by atoms with Crippen LogP contribution in [0.25, 0.3) is 0 Å². The van der Waals surface area contributed by atoms with Gasteiger partial charge in [0.25, 0.3) is 5.91 Å². The van der Waals surface area contributed by atoms with Crippen molar-refractivity contribution in [2.75, 3.05) is 32.8 Å². The first kappa shape index (κ1) is 39.9. The molecule has 0 spiro atoms. The van der Waals surface area contributed by atoms with Gasteiger partial charge in [0.1, 0.15) is 18.7 Å². The molecule has 1 saturated carbocycles. The summed E-state index contributed by atoms with van der Waals surface area (Å²) in [6.45, 7) is 24.9. The molecule has 0 aromatic rings. The number of nitrogens with zero attached hydrogens (tertiary/aromatic N) is 2. The molecule has 14 heteroatoms. The fourth-order valence-corrected chi connectivity index (χ4v) is 6.93. The third-order valence-corrected chi connectivity index (χ3v) is 10.2. The van der Waals surface area contributed by atoms with E-state index in [0.717, 1.165) is 0 Å². The van der Waals surface area contributed by atoms with Crippen molar-refractivity contribution in [3.8, 4) is 0 Å². The monoisotopic (exact) mass is 697 g/mol. The number of carbonyl (C=O) groups excluding carboxylic acids is 5. The van der Waals surface area contributed by atoms with Gasteiger partial charge in [0.05, 0.1) is 12.6 Å². The van der Waals surface area contributed by atoms with Gasteiger partial charge < -0.3 is 30.5 Å². The molecule has 1 aliphatic carbocycles. The number of ether oxygens (including phenoxy) is 1. The topological polar surface area (TPSA) is 137 Å². The maximum Gasteiger partial charge on any atom is 0.409 e. The van der Waals surface area contributed by atoms with Crippen molar-refractivity contribution in [2.24, 2.45) is 34.0 Å². The van der Waals surface area contributed by atoms with Crippen LogP contribution in [0.3, 0.4) is 0 Å². The third kappa shape index (κ3) is 9.78. The summed E-state index contributed by atoms with van der Waals surface area (Å²) in [6, 6.07) is -3.63. The van der Waals surface area contributed by atoms with Gasteiger partial charge in [-0.3, -0.25) is 19.2 Å². The van der Waals surface area contributed by atoms with Crippen molar-refractivity contribution >= 4 is 29.6 Å². The Labute approximate surface area is 287 Å². The van der Waals surface area contributed by atoms with Crippen LogP contribution >= 0.6 is 0 Å². The Hall–Kier alpha value is -3.58. The number of alkyl halides is 3. The molecule has 276 valence electrons. The van der Waals surface area contributed by atoms with E-state index in [4.69, 9.17) is 4.74 Å². The number of hydrogen-bond acceptors (Lipinski definition) is 7. The molecular formula is C35H54F3N5O6. The lowest BCUT2D eigenvalue weighted by Crippen LogP contribution is -2.60. The zero-order chi connectivity index (χ0) is 37.3. The SMILES string of the molecule is C=CCNC(=O)C(=O)C(CCC(F)(F)F)NC(=O)[C@@H]1[C@@H]2[C@H](CN1C(=O)[C@@H](NC(=C)C[C@H](CN1CCOC1=O)C(C)(C)C)C(C)(C)C)C2(C)C. The summed E-state index contributed by atoms with van der Waals surface area (Å²) in [5, 5.41) is 8.00. The number of Topliss-reactive ketones (excluding diaryl/α,β-unsaturated/α-hetero) is 1. The van der Waals surface area contributed by atoms with E-state index >= 15 is 0 Å². The molecule has 3 aliphatic rings. The zero-order valence-electron chi connectivity index (χ0n) is 30.1. The smallest absolute Gasteiger partial charge is 0.409 e. The Kier molecular flexibility index (Phi) is 12.0. The van der Waals surface area contributed by atoms with E-state index in [1.54, 1.807) is 4.90 Å². The number of likely N-dealkylation sites (tertiary alicyclic amines) is 1. The second kappa shape index (κ2) is 14.7. The highest BCUT2D eigenvalue weighted by atomic mass is 19.4. The molecule has 1 unspecified atom stereocenters. The van der Waals surface area contributed by atoms with Crippen LogP contribution in [0.2, 0.25) is 0 Å². The number of cyclic esters (lactones) is 1. The quantitative estimate of drug-likeness (QED) is 0.173. The van der Waals surface area contributed by atoms with Crippen molar-refractivity contribution in [1.82, 2.24) is 25.8 Å². The van der Waals surface area contributed by atoms with Crippen LogP contribution in [-0.2, 0) is 23.9 Å². The molecule has 2 aliphatic heterocycles. The Balaban J connectivity index is 1.84. The first-order chi connectivity index (χ1) is 22.4. The molecule has 0 aromatic carbocycles. The number of fused-ring (bicyclic) bond motifs is 1. The van der Waals surface area contributed by atoms with Crippen LogP contribution in [0, 0.1) is 34.0 Å². The highest BCUT2D eigenvalue weighted by Crippen LogP contribution is 2.65. The number of halogens is 3. The van der Waals surface area contributed by atoms with E-state index in [9.17, 15) is 37.1 Å². The predicted molar refractivity (Wildman–Crippen MR) is 178 cm³/mol. The predicted octanol–water partition coefficient (Wildman–Crippen LogP) is 4.19. The van der Waals surface area contributed by atoms with Gasteiger partial charge in [-0.25, -0.2) is 4.79 Å². The summed E-state index contributed by atoms with van der Waals surface area (Å²) in [5.41, 5.74) is -0.623. The summed E-state index contributed by atoms with van der Waals surface area (Å²) in [7, 11) is 0. The summed E-state index contributed by atoms with van der Waals surface area (Å²) in [4.78, 5) is 69.0. The molecular weight excluding hydrogens is 643 g/mol. The summed E-state index contributed by atoms with van der Waals surface area (Å²) < 4.78 is 44.7. The summed E-state index contributed by atoms with van der Waals surface area (Å²) >= 11 is 0. The lowest BCUT2D eigenvalue weighted by Gasteiger charge is -2.40. The van der Waals surface area contributed by atoms with Gasteiger partial charge in [0.15, 0.2) is 0 Å². The highest BCUT2D eigenvalue weighted by Gasteiger charge is 2.70. The van der Waals surface area contributed by atoms with Crippen LogP contribution in [0.4, 0.5) is 18.0 Å². The highest BCUT2D eigenvalue weighted by molar-refractivity contribution is 6.38. The maximum atomic E-state index is 14.4. The molecule has 0 bridgehead atoms. The van der Waals surface area contributed by atoms with E-state index in [0.29, 0.717) is 31.8 Å². The molecule has 2 saturated heterocycles. The van der Waals surface area contributed by atoms with Gasteiger partial charge >= 0.3 is 12.3 Å². The Morgan fingerprint density at radius 1 is 1.06 bits per heavy atom. The Morgan fingerprint density at radius 3 is 2.20 bits per heavy atom. The third-order valence-electron chi connectivity index (χ3n) is 10.2. The molecule has 3 N–H and O–H groups in total. The van der Waals surface area contributed by atoms with Gasteiger partial charge in [0, 0.05) is 31.8 Å². The van der Waals surface area contributed by atoms with Crippen molar-refractivity contribution in [1.29, 1.82) is 0 Å². The number of carbonyl (C=O) groups is 5. The van der Waals surface area contributed by atoms with Gasteiger partial charge in [-0.2, -0.15) is 13.2 Å². The summed E-state index contributed by atoms with van der Waals surface area (Å²) in [6.07, 6.45) is -5.45. The van der Waals surface area contributed by atoms with Crippen molar-refractivity contribution < 1.29 is 41.9 Å². The van der Waals surface area contributed by atoms with Crippen LogP contribution < -0.4 is 16.0 Å². The van der Waals surface area contributed by atoms with Crippen molar-refractivity contribution in [2.45, 2.75) is 99.0 Å². The second-order valence-electron chi connectivity index (χ2n) is 16.3. The Bertz CT molecular complexity index is 1320. The molecule has 0 aromatic heterocycles. The van der Waals surface area contributed by atoms with E-state index in [1.807, 2.05) is 34.6 Å². The normalized spacial score (nSPS) is 23.5. The van der Waals surface area contributed by atoms with E-state index in [1.165, 1.54) is 11.0 Å². The zero-order valence-corrected chi connectivity index (χ0v) is 30.1. The minimum absolute atomic E-state index is 0.0255. The van der Waals surface area contributed by atoms with Gasteiger partial charge in [-0.1, -0.05) is 68.0 Å². The second-order valence-corrected chi connectivity index (χ2v) is 16.3. The van der Waals surface area contributed by atoms with Crippen LogP contribution in [0.15, 0.2) is 24.9 Å². The van der Waals surface area contributed by atoms with Crippen LogP contribution in [-0.4, -0.2) is 96.5 Å². The number of allylic oxidation sites excluding steroid dienone is 1. The molecule has 49 heavy (non-hydrogen) atoms. The lowest BCUT2D eigenvalue weighted by molar-refractivity contribution is -0.148. The number of rotatable bonds is 15. The minimum atomic E-state index is -4.63. The average molecular weight is 698 g/mol.